The maximum Gasteiger partial charge on any atom is 0.317 e. The Morgan fingerprint density at radius 3 is 2.87 bits per heavy atom. The minimum absolute atomic E-state index is 0.163. The average Bonchev–Trinajstić information content (AvgIpc) is 2.91. The van der Waals surface area contributed by atoms with E-state index in [1.807, 2.05) is 6.26 Å². The molecule has 1 saturated carbocycles. The van der Waals surface area contributed by atoms with Crippen molar-refractivity contribution < 1.29 is 14.3 Å². The summed E-state index contributed by atoms with van der Waals surface area (Å²) in [7, 11) is 1.74. The Bertz CT molecular complexity index is 541. The van der Waals surface area contributed by atoms with E-state index in [0.29, 0.717) is 18.8 Å². The fourth-order valence-electron chi connectivity index (χ4n) is 3.03. The molecule has 1 aromatic rings. The minimum atomic E-state index is -0.296. The van der Waals surface area contributed by atoms with Crippen LogP contribution in [0.15, 0.2) is 18.2 Å². The topological polar surface area (TPSA) is 52.6 Å². The molecule has 2 N–H and O–H groups in total. The van der Waals surface area contributed by atoms with Gasteiger partial charge in [-0.05, 0) is 42.4 Å². The van der Waals surface area contributed by atoms with Gasteiger partial charge < -0.3 is 15.3 Å². The van der Waals surface area contributed by atoms with E-state index in [-0.39, 0.29) is 23.9 Å². The van der Waals surface area contributed by atoms with Crippen LogP contribution in [0.25, 0.3) is 0 Å². The monoisotopic (exact) mass is 340 g/mol. The van der Waals surface area contributed by atoms with Gasteiger partial charge in [0.15, 0.2) is 0 Å². The molecule has 0 heterocycles. The SMILES string of the molecule is CSCc1cc(F)ccc1CNC(=O)N(C)CC1CCCC1O. The number of thioether (sulfide) groups is 1. The van der Waals surface area contributed by atoms with E-state index in [9.17, 15) is 14.3 Å². The minimum Gasteiger partial charge on any atom is -0.393 e. The zero-order chi connectivity index (χ0) is 16.8. The van der Waals surface area contributed by atoms with Crippen LogP contribution in [-0.4, -0.2) is 42.0 Å². The number of nitrogens with zero attached hydrogens (tertiary/aromatic N) is 1. The van der Waals surface area contributed by atoms with Crippen LogP contribution in [0, 0.1) is 11.7 Å². The number of aliphatic hydroxyl groups excluding tert-OH is 1. The van der Waals surface area contributed by atoms with E-state index >= 15 is 0 Å². The lowest BCUT2D eigenvalue weighted by Gasteiger charge is -2.23. The Balaban J connectivity index is 1.88. The van der Waals surface area contributed by atoms with Crippen LogP contribution < -0.4 is 5.32 Å². The van der Waals surface area contributed by atoms with Crippen molar-refractivity contribution in [1.29, 1.82) is 0 Å². The average molecular weight is 340 g/mol. The van der Waals surface area contributed by atoms with Crippen LogP contribution in [0.4, 0.5) is 9.18 Å². The van der Waals surface area contributed by atoms with Crippen molar-refractivity contribution in [3.05, 3.63) is 35.1 Å². The van der Waals surface area contributed by atoms with Crippen LogP contribution in [0.1, 0.15) is 30.4 Å². The Morgan fingerprint density at radius 1 is 1.43 bits per heavy atom. The molecular weight excluding hydrogens is 315 g/mol. The Morgan fingerprint density at radius 2 is 2.22 bits per heavy atom. The summed E-state index contributed by atoms with van der Waals surface area (Å²) >= 11 is 1.62. The largest absolute Gasteiger partial charge is 0.393 e. The van der Waals surface area contributed by atoms with E-state index in [1.54, 1.807) is 29.8 Å². The van der Waals surface area contributed by atoms with E-state index in [1.165, 1.54) is 12.1 Å². The Labute approximate surface area is 141 Å². The fraction of sp³-hybridized carbons (Fsp3) is 0.588. The van der Waals surface area contributed by atoms with Crippen molar-refractivity contribution in [3.8, 4) is 0 Å². The number of amides is 2. The number of carbonyl (C=O) groups is 1. The van der Waals surface area contributed by atoms with Gasteiger partial charge >= 0.3 is 6.03 Å². The molecule has 0 bridgehead atoms. The lowest BCUT2D eigenvalue weighted by atomic mass is 10.1. The molecule has 1 fully saturated rings. The second-order valence-corrected chi connectivity index (χ2v) is 7.01. The van der Waals surface area contributed by atoms with Gasteiger partial charge in [-0.25, -0.2) is 9.18 Å². The van der Waals surface area contributed by atoms with Crippen molar-refractivity contribution in [3.63, 3.8) is 0 Å². The number of hydrogen-bond acceptors (Lipinski definition) is 3. The summed E-state index contributed by atoms with van der Waals surface area (Å²) in [6, 6.07) is 4.51. The summed E-state index contributed by atoms with van der Waals surface area (Å²) in [6.45, 7) is 0.945. The number of rotatable bonds is 6. The molecular formula is C17H25FN2O2S. The number of benzene rings is 1. The smallest absolute Gasteiger partial charge is 0.317 e. The first-order valence-electron chi connectivity index (χ1n) is 7.94. The number of halogens is 1. The molecule has 1 aliphatic carbocycles. The normalized spacial score (nSPS) is 20.5. The van der Waals surface area contributed by atoms with Gasteiger partial charge in [-0.15, -0.1) is 0 Å². The van der Waals surface area contributed by atoms with Gasteiger partial charge in [-0.3, -0.25) is 0 Å². The number of urea groups is 1. The highest BCUT2D eigenvalue weighted by Crippen LogP contribution is 2.26. The predicted octanol–water partition coefficient (Wildman–Crippen LogP) is 2.99. The number of carbonyl (C=O) groups excluding carboxylic acids is 1. The van der Waals surface area contributed by atoms with Crippen molar-refractivity contribution in [2.24, 2.45) is 5.92 Å². The quantitative estimate of drug-likeness (QED) is 0.837. The van der Waals surface area contributed by atoms with Crippen LogP contribution in [0.2, 0.25) is 0 Å². The summed E-state index contributed by atoms with van der Waals surface area (Å²) in [4.78, 5) is 13.8. The maximum atomic E-state index is 13.3. The first-order chi connectivity index (χ1) is 11.0. The molecule has 1 aromatic carbocycles. The van der Waals surface area contributed by atoms with E-state index in [0.717, 1.165) is 30.4 Å². The molecule has 4 nitrogen and oxygen atoms in total. The maximum absolute atomic E-state index is 13.3. The molecule has 2 rings (SSSR count). The molecule has 2 amide bonds. The number of nitrogens with one attached hydrogen (secondary N) is 1. The fourth-order valence-corrected chi connectivity index (χ4v) is 3.61. The first kappa shape index (κ1) is 18.1. The number of aliphatic hydroxyl groups is 1. The summed E-state index contributed by atoms with van der Waals surface area (Å²) < 4.78 is 13.3. The van der Waals surface area contributed by atoms with Gasteiger partial charge in [0.25, 0.3) is 0 Å². The molecule has 0 spiro atoms. The first-order valence-corrected chi connectivity index (χ1v) is 9.34. The summed E-state index contributed by atoms with van der Waals surface area (Å²) in [5, 5.41) is 12.7. The molecule has 0 radical (unpaired) electrons. The number of hydrogen-bond donors (Lipinski definition) is 2. The van der Waals surface area contributed by atoms with Crippen LogP contribution in [0.5, 0.6) is 0 Å². The standard InChI is InChI=1S/C17H25FN2O2S/c1-20(10-13-4-3-5-16(13)21)17(22)19-9-12-6-7-15(18)8-14(12)11-23-2/h6-8,13,16,21H,3-5,9-11H2,1-2H3,(H,19,22). The lowest BCUT2D eigenvalue weighted by molar-refractivity contribution is 0.114. The third-order valence-electron chi connectivity index (χ3n) is 4.37. The molecule has 0 saturated heterocycles. The molecule has 6 heteroatoms. The molecule has 0 aromatic heterocycles. The molecule has 1 aliphatic rings. The van der Waals surface area contributed by atoms with Gasteiger partial charge in [-0.2, -0.15) is 11.8 Å². The van der Waals surface area contributed by atoms with Gasteiger partial charge in [-0.1, -0.05) is 12.5 Å². The van der Waals surface area contributed by atoms with Crippen molar-refractivity contribution in [1.82, 2.24) is 10.2 Å². The highest BCUT2D eigenvalue weighted by molar-refractivity contribution is 7.97. The Hall–Kier alpha value is -1.27. The molecule has 2 atom stereocenters. The van der Waals surface area contributed by atoms with Crippen molar-refractivity contribution >= 4 is 17.8 Å². The molecule has 23 heavy (non-hydrogen) atoms. The molecule has 0 aliphatic heterocycles. The molecule has 2 unspecified atom stereocenters. The van der Waals surface area contributed by atoms with E-state index in [4.69, 9.17) is 0 Å². The van der Waals surface area contributed by atoms with Crippen molar-refractivity contribution in [2.45, 2.75) is 37.7 Å². The summed E-state index contributed by atoms with van der Waals surface area (Å²) in [6.07, 6.45) is 4.49. The third-order valence-corrected chi connectivity index (χ3v) is 4.97. The second kappa shape index (κ2) is 8.55. The van der Waals surface area contributed by atoms with Crippen LogP contribution in [0.3, 0.4) is 0 Å². The van der Waals surface area contributed by atoms with Crippen LogP contribution in [-0.2, 0) is 12.3 Å². The highest BCUT2D eigenvalue weighted by atomic mass is 32.2. The van der Waals surface area contributed by atoms with E-state index < -0.39 is 0 Å². The van der Waals surface area contributed by atoms with Gasteiger partial charge in [0.2, 0.25) is 0 Å². The van der Waals surface area contributed by atoms with Gasteiger partial charge in [0.05, 0.1) is 6.10 Å². The molecule has 128 valence electrons. The van der Waals surface area contributed by atoms with Gasteiger partial charge in [0, 0.05) is 31.8 Å². The third kappa shape index (κ3) is 5.11. The highest BCUT2D eigenvalue weighted by Gasteiger charge is 2.27. The predicted molar refractivity (Wildman–Crippen MR) is 91.8 cm³/mol. The zero-order valence-electron chi connectivity index (χ0n) is 13.7. The Kier molecular flexibility index (Phi) is 6.72. The lowest BCUT2D eigenvalue weighted by Crippen LogP contribution is -2.41. The van der Waals surface area contributed by atoms with Crippen LogP contribution >= 0.6 is 11.8 Å². The summed E-state index contributed by atoms with van der Waals surface area (Å²) in [5.41, 5.74) is 1.84. The van der Waals surface area contributed by atoms with Crippen molar-refractivity contribution in [2.75, 3.05) is 19.8 Å². The van der Waals surface area contributed by atoms with E-state index in [2.05, 4.69) is 5.32 Å². The summed E-state index contributed by atoms with van der Waals surface area (Å²) in [5.74, 6) is 0.632. The zero-order valence-corrected chi connectivity index (χ0v) is 14.5. The van der Waals surface area contributed by atoms with Gasteiger partial charge in [0.1, 0.15) is 5.82 Å². The second-order valence-electron chi connectivity index (χ2n) is 6.14.